The Morgan fingerprint density at radius 1 is 0.905 bits per heavy atom. The van der Waals surface area contributed by atoms with Crippen LogP contribution in [0.25, 0.3) is 0 Å². The summed E-state index contributed by atoms with van der Waals surface area (Å²) in [6, 6.07) is 0. The van der Waals surface area contributed by atoms with Gasteiger partial charge in [0.05, 0.1) is 16.9 Å². The Balaban J connectivity index is 4.42. The molecule has 124 valence electrons. The van der Waals surface area contributed by atoms with Gasteiger partial charge in [0.2, 0.25) is 0 Å². The molecular weight excluding hydrogens is 308 g/mol. The van der Waals surface area contributed by atoms with Crippen LogP contribution in [0.3, 0.4) is 0 Å². The predicted octanol–water partition coefficient (Wildman–Crippen LogP) is 4.48. The van der Waals surface area contributed by atoms with Gasteiger partial charge in [-0.3, -0.25) is 9.59 Å². The maximum atomic E-state index is 10.7. The number of aliphatic carboxylic acids is 2. The molecule has 21 heavy (non-hydrogen) atoms. The van der Waals surface area contributed by atoms with E-state index in [1.807, 2.05) is 0 Å². The van der Waals surface area contributed by atoms with E-state index in [-0.39, 0.29) is 16.9 Å². The van der Waals surface area contributed by atoms with E-state index in [0.29, 0.717) is 11.5 Å². The van der Waals surface area contributed by atoms with Crippen molar-refractivity contribution in [2.75, 3.05) is 11.5 Å². The summed E-state index contributed by atoms with van der Waals surface area (Å²) in [6.07, 6.45) is 7.03. The van der Waals surface area contributed by atoms with Crippen LogP contribution in [-0.4, -0.2) is 37.7 Å². The second-order valence-electron chi connectivity index (χ2n) is 5.06. The van der Waals surface area contributed by atoms with Gasteiger partial charge in [0.15, 0.2) is 0 Å². The number of carboxylic acid groups (broad SMARTS) is 2. The molecule has 2 N–H and O–H groups in total. The molecule has 0 saturated heterocycles. The van der Waals surface area contributed by atoms with Crippen molar-refractivity contribution in [1.82, 2.24) is 0 Å². The molecule has 0 heterocycles. The minimum absolute atomic E-state index is 0.0291. The third kappa shape index (κ3) is 10.9. The summed E-state index contributed by atoms with van der Waals surface area (Å²) in [4.78, 5) is 21.4. The smallest absolute Gasteiger partial charge is 0.304 e. The molecule has 0 unspecified atom stereocenters. The second kappa shape index (κ2) is 12.2. The largest absolute Gasteiger partial charge is 0.481 e. The quantitative estimate of drug-likeness (QED) is 0.360. The third-order valence-electron chi connectivity index (χ3n) is 3.31. The number of rotatable bonds is 14. The molecule has 0 fully saturated rings. The first-order chi connectivity index (χ1) is 9.95. The Morgan fingerprint density at radius 3 is 1.81 bits per heavy atom. The van der Waals surface area contributed by atoms with E-state index in [1.165, 1.54) is 19.3 Å². The Morgan fingerprint density at radius 2 is 1.43 bits per heavy atom. The molecule has 0 aromatic rings. The van der Waals surface area contributed by atoms with Crippen molar-refractivity contribution in [3.63, 3.8) is 0 Å². The number of hydrogen-bond acceptors (Lipinski definition) is 4. The van der Waals surface area contributed by atoms with Crippen LogP contribution in [0.4, 0.5) is 0 Å². The number of unbranched alkanes of at least 4 members (excludes halogenated alkanes) is 3. The summed E-state index contributed by atoms with van der Waals surface area (Å²) in [6.45, 7) is 4.29. The molecule has 4 nitrogen and oxygen atoms in total. The highest BCUT2D eigenvalue weighted by Gasteiger charge is 2.29. The summed E-state index contributed by atoms with van der Waals surface area (Å²) in [5.74, 6) is -0.350. The van der Waals surface area contributed by atoms with Crippen molar-refractivity contribution in [2.24, 2.45) is 0 Å². The van der Waals surface area contributed by atoms with Gasteiger partial charge in [0.1, 0.15) is 0 Å². The predicted molar refractivity (Wildman–Crippen MR) is 91.2 cm³/mol. The van der Waals surface area contributed by atoms with Gasteiger partial charge < -0.3 is 10.2 Å². The standard InChI is InChI=1S/C15H28O4S2/c1-3-5-6-7-10-15(4-2,20-11-8-13(16)17)21-12-9-14(18)19/h3-12H2,1-2H3,(H,16,17)(H,18,19). The topological polar surface area (TPSA) is 74.6 Å². The van der Waals surface area contributed by atoms with E-state index in [4.69, 9.17) is 10.2 Å². The summed E-state index contributed by atoms with van der Waals surface area (Å²) in [7, 11) is 0. The normalized spacial score (nSPS) is 11.5. The molecule has 0 aliphatic rings. The first-order valence-electron chi connectivity index (χ1n) is 7.67. The zero-order chi connectivity index (χ0) is 16.1. The zero-order valence-electron chi connectivity index (χ0n) is 13.1. The van der Waals surface area contributed by atoms with E-state index in [2.05, 4.69) is 13.8 Å². The van der Waals surface area contributed by atoms with Crippen LogP contribution in [0, 0.1) is 0 Å². The molecule has 0 radical (unpaired) electrons. The van der Waals surface area contributed by atoms with Crippen molar-refractivity contribution in [3.8, 4) is 0 Å². The van der Waals surface area contributed by atoms with Crippen LogP contribution in [0.2, 0.25) is 0 Å². The SMILES string of the molecule is CCCCCCC(CC)(SCCC(=O)O)SCCC(=O)O. The molecule has 0 saturated carbocycles. The summed E-state index contributed by atoms with van der Waals surface area (Å²) >= 11 is 3.39. The summed E-state index contributed by atoms with van der Waals surface area (Å²) in [5.41, 5.74) is 0. The number of hydrogen-bond donors (Lipinski definition) is 2. The maximum Gasteiger partial charge on any atom is 0.304 e. The average molecular weight is 337 g/mol. The van der Waals surface area contributed by atoms with E-state index in [9.17, 15) is 9.59 Å². The summed E-state index contributed by atoms with van der Waals surface area (Å²) in [5, 5.41) is 17.6. The molecule has 0 amide bonds. The lowest BCUT2D eigenvalue weighted by Gasteiger charge is -2.32. The van der Waals surface area contributed by atoms with Crippen LogP contribution >= 0.6 is 23.5 Å². The highest BCUT2D eigenvalue weighted by atomic mass is 32.2. The minimum Gasteiger partial charge on any atom is -0.481 e. The monoisotopic (exact) mass is 336 g/mol. The fraction of sp³-hybridized carbons (Fsp3) is 0.867. The highest BCUT2D eigenvalue weighted by molar-refractivity contribution is 8.18. The van der Waals surface area contributed by atoms with E-state index in [1.54, 1.807) is 23.5 Å². The molecule has 0 bridgehead atoms. The molecule has 0 aromatic heterocycles. The van der Waals surface area contributed by atoms with Crippen LogP contribution in [0.15, 0.2) is 0 Å². The van der Waals surface area contributed by atoms with Crippen LogP contribution < -0.4 is 0 Å². The lowest BCUT2D eigenvalue weighted by molar-refractivity contribution is -0.137. The fourth-order valence-electron chi connectivity index (χ4n) is 2.04. The number of carbonyl (C=O) groups is 2. The van der Waals surface area contributed by atoms with Crippen LogP contribution in [-0.2, 0) is 9.59 Å². The van der Waals surface area contributed by atoms with Gasteiger partial charge in [0, 0.05) is 11.5 Å². The van der Waals surface area contributed by atoms with Crippen molar-refractivity contribution in [3.05, 3.63) is 0 Å². The molecule has 0 aliphatic carbocycles. The highest BCUT2D eigenvalue weighted by Crippen LogP contribution is 2.45. The van der Waals surface area contributed by atoms with Crippen molar-refractivity contribution >= 4 is 35.5 Å². The van der Waals surface area contributed by atoms with Crippen molar-refractivity contribution in [1.29, 1.82) is 0 Å². The molecule has 0 aliphatic heterocycles. The van der Waals surface area contributed by atoms with Gasteiger partial charge in [-0.15, -0.1) is 23.5 Å². The molecular formula is C15H28O4S2. The van der Waals surface area contributed by atoms with Gasteiger partial charge >= 0.3 is 11.9 Å². The molecule has 0 rings (SSSR count). The summed E-state index contributed by atoms with van der Waals surface area (Å²) < 4.78 is -0.0291. The van der Waals surface area contributed by atoms with Crippen molar-refractivity contribution < 1.29 is 19.8 Å². The van der Waals surface area contributed by atoms with Crippen molar-refractivity contribution in [2.45, 2.75) is 69.3 Å². The number of carboxylic acids is 2. The van der Waals surface area contributed by atoms with Crippen LogP contribution in [0.1, 0.15) is 65.2 Å². The minimum atomic E-state index is -0.769. The lowest BCUT2D eigenvalue weighted by atomic mass is 10.1. The Hall–Kier alpha value is -0.360. The first-order valence-corrected chi connectivity index (χ1v) is 9.64. The first kappa shape index (κ1) is 20.6. The number of thioether (sulfide) groups is 2. The Kier molecular flexibility index (Phi) is 12.0. The molecule has 6 heteroatoms. The van der Waals surface area contributed by atoms with Gasteiger partial charge in [-0.2, -0.15) is 0 Å². The van der Waals surface area contributed by atoms with E-state index < -0.39 is 11.9 Å². The molecule has 0 atom stereocenters. The molecule has 0 aromatic carbocycles. The van der Waals surface area contributed by atoms with Crippen LogP contribution in [0.5, 0.6) is 0 Å². The maximum absolute atomic E-state index is 10.7. The van der Waals surface area contributed by atoms with Gasteiger partial charge in [0.25, 0.3) is 0 Å². The second-order valence-corrected chi connectivity index (χ2v) is 8.27. The molecule has 0 spiro atoms. The third-order valence-corrected chi connectivity index (χ3v) is 6.87. The van der Waals surface area contributed by atoms with Gasteiger partial charge in [-0.1, -0.05) is 39.5 Å². The average Bonchev–Trinajstić information content (AvgIpc) is 2.42. The van der Waals surface area contributed by atoms with Gasteiger partial charge in [-0.05, 0) is 12.8 Å². The van der Waals surface area contributed by atoms with Gasteiger partial charge in [-0.25, -0.2) is 0 Å². The Bertz CT molecular complexity index is 288. The lowest BCUT2D eigenvalue weighted by Crippen LogP contribution is -2.21. The zero-order valence-corrected chi connectivity index (χ0v) is 14.7. The van der Waals surface area contributed by atoms with E-state index in [0.717, 1.165) is 19.3 Å². The van der Waals surface area contributed by atoms with E-state index >= 15 is 0 Å². The fourth-order valence-corrected chi connectivity index (χ4v) is 5.15. The Labute approximate surface area is 136 Å².